The lowest BCUT2D eigenvalue weighted by atomic mass is 9.81. The second-order valence-corrected chi connectivity index (χ2v) is 32.3. The Hall–Kier alpha value is -10.6. The summed E-state index contributed by atoms with van der Waals surface area (Å²) in [4.78, 5) is 129. The van der Waals surface area contributed by atoms with Gasteiger partial charge in [0, 0.05) is 91.7 Å². The van der Waals surface area contributed by atoms with Gasteiger partial charge in [-0.15, -0.1) is 0 Å². The van der Waals surface area contributed by atoms with Crippen molar-refractivity contribution in [2.45, 2.75) is 172 Å². The Labute approximate surface area is 775 Å². The average Bonchev–Trinajstić information content (AvgIpc) is 1.50. The van der Waals surface area contributed by atoms with Crippen LogP contribution in [0.25, 0.3) is 22.3 Å². The number of benzene rings is 4. The molecule has 4 aromatic carbocycles. The number of unbranched alkanes of at least 4 members (excludes halogenated alkanes) is 2. The highest BCUT2D eigenvalue weighted by molar-refractivity contribution is 5.96. The molecule has 6 amide bonds. The number of nitrogens with zero attached hydrogens (tertiary/aromatic N) is 3. The summed E-state index contributed by atoms with van der Waals surface area (Å²) in [7, 11) is 1.63. The molecule has 0 saturated carbocycles. The van der Waals surface area contributed by atoms with Crippen LogP contribution in [0.1, 0.15) is 145 Å². The van der Waals surface area contributed by atoms with Gasteiger partial charge in [0.25, 0.3) is 5.56 Å². The Balaban J connectivity index is 0.613. The van der Waals surface area contributed by atoms with Gasteiger partial charge >= 0.3 is 18.0 Å². The number of halogens is 1. The Bertz CT molecular complexity index is 5050. The number of cyclic esters (lactones) is 1. The fraction of sp³-hybridized carbons (Fsp3) is 0.558. The molecule has 4 aliphatic heterocycles. The number of carbonyl (C=O) groups is 8. The molecule has 0 radical (unpaired) electrons. The summed E-state index contributed by atoms with van der Waals surface area (Å²) >= 11 is 0. The molecule has 0 bridgehead atoms. The number of amides is 6. The first kappa shape index (κ1) is 104. The highest BCUT2D eigenvalue weighted by atomic mass is 19.1. The van der Waals surface area contributed by atoms with E-state index in [2.05, 4.69) is 38.4 Å². The number of para-hydroxylation sites is 1. The van der Waals surface area contributed by atoms with Crippen LogP contribution in [0.15, 0.2) is 83.7 Å². The van der Waals surface area contributed by atoms with E-state index in [0.29, 0.717) is 215 Å². The van der Waals surface area contributed by atoms with Crippen molar-refractivity contribution in [1.82, 2.24) is 36.1 Å². The zero-order valence-electron chi connectivity index (χ0n) is 75.9. The highest BCUT2D eigenvalue weighted by Crippen LogP contribution is 2.46. The van der Waals surface area contributed by atoms with Crippen molar-refractivity contribution >= 4 is 64.2 Å². The summed E-state index contributed by atoms with van der Waals surface area (Å²) < 4.78 is 105. The quantitative estimate of drug-likeness (QED) is 0.0144. The van der Waals surface area contributed by atoms with Crippen molar-refractivity contribution in [2.75, 3.05) is 177 Å². The number of carboxylic acids is 1. The number of pyridine rings is 2. The second kappa shape index (κ2) is 54.2. The fourth-order valence-corrected chi connectivity index (χ4v) is 15.8. The number of hydrogen-bond acceptors (Lipinski definition) is 30. The van der Waals surface area contributed by atoms with Crippen LogP contribution in [-0.4, -0.2) is 292 Å². The van der Waals surface area contributed by atoms with E-state index in [-0.39, 0.29) is 149 Å². The van der Waals surface area contributed by atoms with E-state index >= 15 is 4.39 Å². The van der Waals surface area contributed by atoms with E-state index in [0.717, 1.165) is 11.1 Å². The predicted molar refractivity (Wildman–Crippen MR) is 477 cm³/mol. The number of esters is 1. The number of anilines is 1. The number of nitrogens with one attached hydrogen (secondary N) is 5. The minimum atomic E-state index is -2.12. The SMILES string of the molecule is CC[C@@]1(O)C(=O)OCc2c1cc1n(c2=O)Cc2c-1nc1cc(F)c(C)c3c1c2[C@@H](NC(=O)OCc1ccc(O[C@@H]2O[C@H](C(=O)O)[C@@H](O)[C@H](O)[C@H]2O)c(CNC(=O)CCNC(=O)[C@H](CCCCNC(=O)CCOCCOCCOCCOCCOCCOCCOCCOCCOCCOCCOCCOC)NC(=O)CCCCC(=O)N2Cc4ccccc4C#Cc4ccccc42)c1)CC3. The van der Waals surface area contributed by atoms with Gasteiger partial charge in [0.2, 0.25) is 35.8 Å². The number of aliphatic carboxylic acids is 1. The molecule has 6 heterocycles. The molecule has 2 aromatic heterocycles. The maximum atomic E-state index is 15.7. The molecular weight excluding hydrogens is 1750 g/mol. The van der Waals surface area contributed by atoms with E-state index in [1.165, 1.54) is 34.9 Å². The standard InChI is InChI=1S/C95H123FN8O30/c1-4-95(118)70-54-76-84-68(58-104(76)90(113)69(70)60-131-93(95)116)83-72(24-23-67-61(2)71(96)55-74(101-84)82(67)83)102-94(117)132-59-62-20-25-77(133-92-87(111)85(109)86(110)88(134-92)91(114)115)66(53-62)56-99-78(105)26-29-98-89(112)73(100-80(107)18-9-10-19-81(108)103-57-65-15-6-5-13-63(65)21-22-64-14-7-8-17-75(64)103)16-11-12-28-97-79(106)27-30-120-33-34-122-37-38-124-41-42-126-45-46-128-49-50-130-52-51-129-48-47-127-44-43-125-40-39-123-36-35-121-32-31-119-3/h5-8,13-15,17,20,25,53-55,72-73,85-88,92,109-111,118H,4,9-12,16,18-19,23-24,26-52,56-60H2,1-3H3,(H,97,106)(H,98,112)(H,99,105)(H,100,107)(H,102,117)(H,114,115)/t72-,73-,85-,86-,87+,88-,92+,95-/m0/s1. The maximum absolute atomic E-state index is 15.7. The van der Waals surface area contributed by atoms with Crippen molar-refractivity contribution in [1.29, 1.82) is 0 Å². The Morgan fingerprint density at radius 3 is 1.84 bits per heavy atom. The lowest BCUT2D eigenvalue weighted by Gasteiger charge is -2.38. The van der Waals surface area contributed by atoms with Gasteiger partial charge in [0.15, 0.2) is 11.7 Å². The van der Waals surface area contributed by atoms with Gasteiger partial charge in [-0.3, -0.25) is 28.8 Å². The Kier molecular flexibility index (Phi) is 42.0. The molecule has 1 saturated heterocycles. The van der Waals surface area contributed by atoms with Gasteiger partial charge in [-0.25, -0.2) is 23.8 Å². The summed E-state index contributed by atoms with van der Waals surface area (Å²) in [5.74, 6) is 1.07. The first-order valence-corrected chi connectivity index (χ1v) is 45.5. The minimum Gasteiger partial charge on any atom is -0.479 e. The van der Waals surface area contributed by atoms with Crippen molar-refractivity contribution in [3.8, 4) is 29.0 Å². The number of methoxy groups -OCH3 is 1. The summed E-state index contributed by atoms with van der Waals surface area (Å²) in [5.41, 5.74) is 4.00. The molecule has 39 heteroatoms. The van der Waals surface area contributed by atoms with Gasteiger partial charge in [0.05, 0.1) is 199 Å². The molecule has 5 aliphatic rings. The first-order valence-electron chi connectivity index (χ1n) is 45.5. The van der Waals surface area contributed by atoms with E-state index < -0.39 is 102 Å². The minimum absolute atomic E-state index is 0.0280. The van der Waals surface area contributed by atoms with Crippen LogP contribution in [-0.2, 0) is 149 Å². The maximum Gasteiger partial charge on any atom is 0.407 e. The molecular formula is C95H123FN8O30. The van der Waals surface area contributed by atoms with Crippen LogP contribution >= 0.6 is 0 Å². The largest absolute Gasteiger partial charge is 0.479 e. The number of carbonyl (C=O) groups excluding carboxylic acids is 7. The van der Waals surface area contributed by atoms with Crippen LogP contribution < -0.4 is 41.8 Å². The smallest absolute Gasteiger partial charge is 0.407 e. The number of rotatable bonds is 60. The molecule has 1 aliphatic carbocycles. The van der Waals surface area contributed by atoms with Crippen molar-refractivity contribution < 1.29 is 144 Å². The summed E-state index contributed by atoms with van der Waals surface area (Å²) in [6, 6.07) is 20.2. The summed E-state index contributed by atoms with van der Waals surface area (Å²) in [6.07, 6.45) is -9.07. The average molecular weight is 1880 g/mol. The van der Waals surface area contributed by atoms with Crippen LogP contribution in [0.3, 0.4) is 0 Å². The van der Waals surface area contributed by atoms with Crippen LogP contribution in [0, 0.1) is 24.6 Å². The molecule has 134 heavy (non-hydrogen) atoms. The van der Waals surface area contributed by atoms with Crippen LogP contribution in [0.4, 0.5) is 14.9 Å². The van der Waals surface area contributed by atoms with Crippen LogP contribution in [0.2, 0.25) is 0 Å². The molecule has 6 aromatic rings. The number of alkyl carbamates (subject to hydrolysis) is 1. The monoisotopic (exact) mass is 1870 g/mol. The zero-order chi connectivity index (χ0) is 95.1. The zero-order valence-corrected chi connectivity index (χ0v) is 75.9. The van der Waals surface area contributed by atoms with E-state index in [9.17, 15) is 68.7 Å². The molecule has 38 nitrogen and oxygen atoms in total. The number of ether oxygens (including phenoxy) is 16. The highest BCUT2D eigenvalue weighted by Gasteiger charge is 2.49. The summed E-state index contributed by atoms with van der Waals surface area (Å²) in [5, 5.41) is 68.3. The van der Waals surface area contributed by atoms with Crippen LogP contribution in [0.5, 0.6) is 5.75 Å². The Morgan fingerprint density at radius 2 is 1.21 bits per heavy atom. The molecule has 8 atom stereocenters. The molecule has 1 fully saturated rings. The molecule has 10 N–H and O–H groups in total. The third kappa shape index (κ3) is 30.0. The van der Waals surface area contributed by atoms with E-state index in [4.69, 9.17) is 80.8 Å². The first-order chi connectivity index (χ1) is 65.1. The molecule has 11 rings (SSSR count). The van der Waals surface area contributed by atoms with Gasteiger partial charge in [-0.05, 0) is 123 Å². The normalized spacial score (nSPS) is 18.1. The number of carboxylic acid groups (broad SMARTS) is 1. The molecule has 0 spiro atoms. The van der Waals surface area contributed by atoms with E-state index in [1.807, 2.05) is 48.5 Å². The topological polar surface area (TPSA) is 484 Å². The molecule has 730 valence electrons. The van der Waals surface area contributed by atoms with Gasteiger partial charge in [-0.1, -0.05) is 55.2 Å². The van der Waals surface area contributed by atoms with Gasteiger partial charge in [-0.2, -0.15) is 0 Å². The Morgan fingerprint density at radius 1 is 0.619 bits per heavy atom. The summed E-state index contributed by atoms with van der Waals surface area (Å²) in [6.45, 7) is 11.9. The lowest BCUT2D eigenvalue weighted by Crippen LogP contribution is -2.61. The van der Waals surface area contributed by atoms with Gasteiger partial charge < -0.3 is 137 Å². The van der Waals surface area contributed by atoms with Crippen molar-refractivity contribution in [3.05, 3.63) is 156 Å². The van der Waals surface area contributed by atoms with Crippen molar-refractivity contribution in [3.63, 3.8) is 0 Å². The predicted octanol–water partition coefficient (Wildman–Crippen LogP) is 4.33. The van der Waals surface area contributed by atoms with Crippen molar-refractivity contribution in [2.24, 2.45) is 0 Å². The number of aromatic nitrogens is 2. The second-order valence-electron chi connectivity index (χ2n) is 32.3. The van der Waals surface area contributed by atoms with Gasteiger partial charge in [0.1, 0.15) is 49.1 Å². The number of hydrogen-bond donors (Lipinski definition) is 10. The van der Waals surface area contributed by atoms with E-state index in [1.54, 1.807) is 25.9 Å². The lowest BCUT2D eigenvalue weighted by molar-refractivity contribution is -0.271. The number of aliphatic hydroxyl groups is 4. The molecule has 0 unspecified atom stereocenters. The number of aliphatic hydroxyl groups excluding tert-OH is 3. The third-order valence-electron chi connectivity index (χ3n) is 23.1. The number of aryl methyl sites for hydroxylation is 1. The third-order valence-corrected chi connectivity index (χ3v) is 23.1. The number of fused-ring (bicyclic) bond motifs is 7. The fourth-order valence-electron chi connectivity index (χ4n) is 15.8.